The molecule has 1 atom stereocenters. The third-order valence-electron chi connectivity index (χ3n) is 4.87. The number of nitrogens with one attached hydrogen (secondary N) is 1. The highest BCUT2D eigenvalue weighted by atomic mass is 16.5. The number of carbonyl (C=O) groups is 2. The minimum atomic E-state index is -0.293. The third kappa shape index (κ3) is 4.62. The smallest absolute Gasteiger partial charge is 0.306 e. The number of likely N-dealkylation sites (tertiary alicyclic amines) is 1. The number of fused-ring (bicyclic) bond motifs is 1. The predicted octanol–water partition coefficient (Wildman–Crippen LogP) is 3.29. The maximum Gasteiger partial charge on any atom is 0.306 e. The van der Waals surface area contributed by atoms with Crippen molar-refractivity contribution >= 4 is 22.8 Å². The Kier molecular flexibility index (Phi) is 5.74. The van der Waals surface area contributed by atoms with Crippen molar-refractivity contribution in [2.45, 2.75) is 39.0 Å². The maximum atomic E-state index is 12.1. The Bertz CT molecular complexity index is 737. The van der Waals surface area contributed by atoms with Crippen LogP contribution in [0.3, 0.4) is 0 Å². The van der Waals surface area contributed by atoms with Gasteiger partial charge in [-0.2, -0.15) is 0 Å². The zero-order valence-electron chi connectivity index (χ0n) is 14.8. The number of hydrogen-bond acceptors (Lipinski definition) is 3. The van der Waals surface area contributed by atoms with E-state index in [-0.39, 0.29) is 18.5 Å². The van der Waals surface area contributed by atoms with E-state index in [2.05, 4.69) is 18.0 Å². The molecule has 2 heterocycles. The van der Waals surface area contributed by atoms with Gasteiger partial charge in [0.15, 0.2) is 6.61 Å². The molecule has 1 aliphatic heterocycles. The Morgan fingerprint density at radius 3 is 3.00 bits per heavy atom. The summed E-state index contributed by atoms with van der Waals surface area (Å²) in [7, 11) is 0. The van der Waals surface area contributed by atoms with Crippen molar-refractivity contribution in [3.63, 3.8) is 0 Å². The first kappa shape index (κ1) is 17.5. The number of amides is 1. The molecule has 0 aliphatic carbocycles. The molecule has 0 radical (unpaired) electrons. The van der Waals surface area contributed by atoms with E-state index >= 15 is 0 Å². The molecular weight excluding hydrogens is 316 g/mol. The van der Waals surface area contributed by atoms with Crippen molar-refractivity contribution < 1.29 is 14.3 Å². The van der Waals surface area contributed by atoms with E-state index in [9.17, 15) is 9.59 Å². The molecule has 0 bridgehead atoms. The van der Waals surface area contributed by atoms with E-state index in [1.54, 1.807) is 0 Å². The number of benzene rings is 1. The fourth-order valence-electron chi connectivity index (χ4n) is 3.48. The lowest BCUT2D eigenvalue weighted by atomic mass is 10.0. The summed E-state index contributed by atoms with van der Waals surface area (Å²) in [5, 5.41) is 1.20. The molecule has 0 unspecified atom stereocenters. The lowest BCUT2D eigenvalue weighted by Crippen LogP contribution is -2.41. The fourth-order valence-corrected chi connectivity index (χ4v) is 3.48. The minimum Gasteiger partial charge on any atom is -0.456 e. The average Bonchev–Trinajstić information content (AvgIpc) is 3.03. The molecule has 3 rings (SSSR count). The first-order valence-electron chi connectivity index (χ1n) is 9.12. The number of aryl methyl sites for hydroxylation is 1. The van der Waals surface area contributed by atoms with Gasteiger partial charge < -0.3 is 14.6 Å². The molecule has 1 amide bonds. The van der Waals surface area contributed by atoms with Gasteiger partial charge in [0.1, 0.15) is 0 Å². The average molecular weight is 342 g/mol. The summed E-state index contributed by atoms with van der Waals surface area (Å²) in [6.07, 6.45) is 6.06. The van der Waals surface area contributed by atoms with Crippen LogP contribution in [0.4, 0.5) is 0 Å². The summed E-state index contributed by atoms with van der Waals surface area (Å²) < 4.78 is 5.16. The molecule has 25 heavy (non-hydrogen) atoms. The van der Waals surface area contributed by atoms with E-state index in [1.807, 2.05) is 29.3 Å². The Morgan fingerprint density at radius 1 is 1.32 bits per heavy atom. The molecule has 5 heteroatoms. The largest absolute Gasteiger partial charge is 0.456 e. The van der Waals surface area contributed by atoms with E-state index in [0.717, 1.165) is 44.3 Å². The van der Waals surface area contributed by atoms with Gasteiger partial charge >= 0.3 is 5.97 Å². The fraction of sp³-hybridized carbons (Fsp3) is 0.500. The zero-order valence-corrected chi connectivity index (χ0v) is 14.8. The summed E-state index contributed by atoms with van der Waals surface area (Å²) in [5.74, 6) is 0.166. The summed E-state index contributed by atoms with van der Waals surface area (Å²) in [4.78, 5) is 29.0. The van der Waals surface area contributed by atoms with Gasteiger partial charge in [-0.3, -0.25) is 9.59 Å². The number of hydrogen-bond donors (Lipinski definition) is 1. The van der Waals surface area contributed by atoms with Crippen molar-refractivity contribution in [2.24, 2.45) is 5.92 Å². The minimum absolute atomic E-state index is 0.0727. The highest BCUT2D eigenvalue weighted by Crippen LogP contribution is 2.19. The first-order chi connectivity index (χ1) is 12.1. The van der Waals surface area contributed by atoms with Gasteiger partial charge in [-0.05, 0) is 43.2 Å². The summed E-state index contributed by atoms with van der Waals surface area (Å²) in [6, 6.07) is 8.14. The molecule has 0 saturated carbocycles. The Labute approximate surface area is 148 Å². The molecule has 1 saturated heterocycles. The number of esters is 1. The van der Waals surface area contributed by atoms with Crippen molar-refractivity contribution in [1.29, 1.82) is 0 Å². The Hall–Kier alpha value is -2.30. The normalized spacial score (nSPS) is 17.6. The zero-order chi connectivity index (χ0) is 17.6. The predicted molar refractivity (Wildman–Crippen MR) is 97.2 cm³/mol. The molecule has 1 N–H and O–H groups in total. The van der Waals surface area contributed by atoms with Crippen LogP contribution in [-0.4, -0.2) is 41.5 Å². The lowest BCUT2D eigenvalue weighted by Gasteiger charge is -2.30. The number of rotatable bonds is 6. The van der Waals surface area contributed by atoms with Crippen LogP contribution in [0.15, 0.2) is 30.5 Å². The quantitative estimate of drug-likeness (QED) is 0.820. The summed E-state index contributed by atoms with van der Waals surface area (Å²) >= 11 is 0. The monoisotopic (exact) mass is 342 g/mol. The van der Waals surface area contributed by atoms with Crippen molar-refractivity contribution in [1.82, 2.24) is 9.88 Å². The van der Waals surface area contributed by atoms with Crippen molar-refractivity contribution in [3.8, 4) is 0 Å². The number of nitrogens with zero attached hydrogens (tertiary/aromatic N) is 1. The standard InChI is InChI=1S/C20H26N2O3/c1-15-6-5-11-22(13-15)19(23)14-25-20(24)10-4-7-16-12-21-18-9-3-2-8-17(16)18/h2-3,8-9,12,15,21H,4-7,10-11,13-14H2,1H3/t15-/m0/s1. The van der Waals surface area contributed by atoms with Crippen LogP contribution in [0.5, 0.6) is 0 Å². The number of aromatic amines is 1. The SMILES string of the molecule is C[C@H]1CCCN(C(=O)COC(=O)CCCc2c[nH]c3ccccc23)C1. The van der Waals surface area contributed by atoms with Crippen LogP contribution in [0.1, 0.15) is 38.2 Å². The van der Waals surface area contributed by atoms with E-state index in [0.29, 0.717) is 12.3 Å². The van der Waals surface area contributed by atoms with Crippen LogP contribution < -0.4 is 0 Å². The molecule has 1 aromatic carbocycles. The number of H-pyrrole nitrogens is 1. The second-order valence-corrected chi connectivity index (χ2v) is 6.96. The molecule has 2 aromatic rings. The molecule has 5 nitrogen and oxygen atoms in total. The van der Waals surface area contributed by atoms with Gasteiger partial charge in [-0.15, -0.1) is 0 Å². The Morgan fingerprint density at radius 2 is 2.16 bits per heavy atom. The topological polar surface area (TPSA) is 62.4 Å². The van der Waals surface area contributed by atoms with Gasteiger partial charge in [0.2, 0.25) is 0 Å². The second-order valence-electron chi connectivity index (χ2n) is 6.96. The second kappa shape index (κ2) is 8.19. The lowest BCUT2D eigenvalue weighted by molar-refractivity contribution is -0.152. The van der Waals surface area contributed by atoms with E-state index in [4.69, 9.17) is 4.74 Å². The maximum absolute atomic E-state index is 12.1. The summed E-state index contributed by atoms with van der Waals surface area (Å²) in [5.41, 5.74) is 2.32. The number of ether oxygens (including phenoxy) is 1. The molecular formula is C20H26N2O3. The van der Waals surface area contributed by atoms with Gasteiger partial charge in [0, 0.05) is 36.6 Å². The molecule has 0 spiro atoms. The van der Waals surface area contributed by atoms with Crippen molar-refractivity contribution in [2.75, 3.05) is 19.7 Å². The molecule has 1 fully saturated rings. The number of aromatic nitrogens is 1. The van der Waals surface area contributed by atoms with Crippen LogP contribution in [-0.2, 0) is 20.7 Å². The third-order valence-corrected chi connectivity index (χ3v) is 4.87. The van der Waals surface area contributed by atoms with Gasteiger partial charge in [-0.1, -0.05) is 25.1 Å². The van der Waals surface area contributed by atoms with Gasteiger partial charge in [0.25, 0.3) is 5.91 Å². The highest BCUT2D eigenvalue weighted by molar-refractivity contribution is 5.83. The molecule has 1 aliphatic rings. The van der Waals surface area contributed by atoms with Crippen LogP contribution in [0.25, 0.3) is 10.9 Å². The number of piperidine rings is 1. The van der Waals surface area contributed by atoms with Crippen LogP contribution in [0, 0.1) is 5.92 Å². The van der Waals surface area contributed by atoms with E-state index in [1.165, 1.54) is 10.9 Å². The Balaban J connectivity index is 1.39. The molecule has 1 aromatic heterocycles. The van der Waals surface area contributed by atoms with E-state index < -0.39 is 0 Å². The van der Waals surface area contributed by atoms with Gasteiger partial charge in [0.05, 0.1) is 0 Å². The summed E-state index contributed by atoms with van der Waals surface area (Å²) in [6.45, 7) is 3.58. The van der Waals surface area contributed by atoms with Gasteiger partial charge in [-0.25, -0.2) is 0 Å². The van der Waals surface area contributed by atoms with Crippen LogP contribution in [0.2, 0.25) is 0 Å². The number of para-hydroxylation sites is 1. The molecule has 134 valence electrons. The first-order valence-corrected chi connectivity index (χ1v) is 9.12. The number of carbonyl (C=O) groups excluding carboxylic acids is 2. The van der Waals surface area contributed by atoms with Crippen molar-refractivity contribution in [3.05, 3.63) is 36.0 Å². The highest BCUT2D eigenvalue weighted by Gasteiger charge is 2.21. The van der Waals surface area contributed by atoms with Crippen LogP contribution >= 0.6 is 0 Å².